The van der Waals surface area contributed by atoms with Gasteiger partial charge < -0.3 is 18.7 Å². The smallest absolute Gasteiger partial charge is 0.238 e. The quantitative estimate of drug-likeness (QED) is 0.123. The van der Waals surface area contributed by atoms with Crippen LogP contribution in [0.4, 0.5) is 11.4 Å². The molecular weight excluding hydrogens is 761 g/mol. The third-order valence-corrected chi connectivity index (χ3v) is 12.6. The Labute approximate surface area is 342 Å². The third kappa shape index (κ3) is 5.43. The van der Waals surface area contributed by atoms with Gasteiger partial charge in [-0.2, -0.15) is 0 Å². The largest absolute Gasteiger partial charge is 0.504 e. The fourth-order valence-electron chi connectivity index (χ4n) is 9.97. The highest BCUT2D eigenvalue weighted by molar-refractivity contribution is 6.24. The van der Waals surface area contributed by atoms with Crippen molar-refractivity contribution in [3.8, 4) is 34.4 Å². The van der Waals surface area contributed by atoms with Crippen LogP contribution in [0, 0.1) is 29.6 Å². The van der Waals surface area contributed by atoms with Gasteiger partial charge in [0.1, 0.15) is 11.0 Å². The second-order valence-electron chi connectivity index (χ2n) is 15.8. The Balaban J connectivity index is 0.937. The van der Waals surface area contributed by atoms with Gasteiger partial charge in [0, 0.05) is 17.0 Å². The normalized spacial score (nSPS) is 23.6. The summed E-state index contributed by atoms with van der Waals surface area (Å²) in [5.41, 5.74) is 6.51. The molecule has 4 amide bonds. The Morgan fingerprint density at radius 1 is 0.650 bits per heavy atom. The van der Waals surface area contributed by atoms with E-state index in [1.54, 1.807) is 60.7 Å². The van der Waals surface area contributed by atoms with Gasteiger partial charge in [-0.25, -0.2) is 9.97 Å². The van der Waals surface area contributed by atoms with Crippen molar-refractivity contribution in [2.24, 2.45) is 29.6 Å². The summed E-state index contributed by atoms with van der Waals surface area (Å²) in [5.74, 6) is -4.38. The molecule has 0 unspecified atom stereocenters. The molecule has 12 nitrogen and oxygen atoms in total. The second-order valence-corrected chi connectivity index (χ2v) is 15.8. The predicted octanol–water partition coefficient (Wildman–Crippen LogP) is 8.45. The van der Waals surface area contributed by atoms with E-state index >= 15 is 0 Å². The average Bonchev–Trinajstić information content (AvgIpc) is 4.03. The van der Waals surface area contributed by atoms with Crippen LogP contribution in [0.3, 0.4) is 0 Å². The SMILES string of the molecule is CCOc1cc([C@H]2C3=CC[C@@H]4C(=O)N(c5ccc(-c6nc7ccccc7o6)cc5)C(=O)[C@@H]4[C@@H]3C[C@H]3C(=O)N(c4ccc(-c5nc6ccccc6o5)cc4)C(=O)[C@@H]23)ccc1O. The Kier molecular flexibility index (Phi) is 8.13. The lowest BCUT2D eigenvalue weighted by atomic mass is 9.57. The first-order chi connectivity index (χ1) is 29.3. The van der Waals surface area contributed by atoms with E-state index in [0.717, 1.165) is 16.6 Å². The monoisotopic (exact) mass is 796 g/mol. The molecular formula is C48H36N4O8. The molecule has 1 N–H and O–H groups in total. The average molecular weight is 797 g/mol. The van der Waals surface area contributed by atoms with Crippen LogP contribution in [-0.4, -0.2) is 45.3 Å². The molecule has 4 aliphatic rings. The number of amides is 4. The van der Waals surface area contributed by atoms with Crippen LogP contribution in [0.15, 0.2) is 136 Å². The molecule has 2 saturated heterocycles. The molecule has 2 aliphatic heterocycles. The number of para-hydroxylation sites is 4. The Morgan fingerprint density at radius 3 is 1.77 bits per heavy atom. The van der Waals surface area contributed by atoms with Crippen LogP contribution in [0.5, 0.6) is 11.5 Å². The van der Waals surface area contributed by atoms with Gasteiger partial charge in [-0.05, 0) is 116 Å². The number of imide groups is 2. The van der Waals surface area contributed by atoms with Crippen LogP contribution in [-0.2, 0) is 19.2 Å². The molecule has 11 rings (SSSR count). The number of phenols is 1. The number of fused-ring (bicyclic) bond motifs is 6. The van der Waals surface area contributed by atoms with Crippen molar-refractivity contribution in [2.45, 2.75) is 25.7 Å². The van der Waals surface area contributed by atoms with E-state index < -0.39 is 35.5 Å². The van der Waals surface area contributed by atoms with Gasteiger partial charge in [0.2, 0.25) is 35.4 Å². The number of hydrogen-bond donors (Lipinski definition) is 1. The summed E-state index contributed by atoms with van der Waals surface area (Å²) in [7, 11) is 0. The number of nitrogens with zero attached hydrogens (tertiary/aromatic N) is 4. The number of ether oxygens (including phenoxy) is 1. The molecule has 2 aromatic heterocycles. The first-order valence-corrected chi connectivity index (χ1v) is 20.1. The van der Waals surface area contributed by atoms with Crippen molar-refractivity contribution in [3.63, 3.8) is 0 Å². The zero-order valence-electron chi connectivity index (χ0n) is 32.2. The van der Waals surface area contributed by atoms with Crippen molar-refractivity contribution >= 4 is 57.2 Å². The summed E-state index contributed by atoms with van der Waals surface area (Å²) in [5, 5.41) is 10.7. The van der Waals surface area contributed by atoms with Crippen molar-refractivity contribution < 1.29 is 37.9 Å². The van der Waals surface area contributed by atoms with Gasteiger partial charge in [-0.3, -0.25) is 29.0 Å². The fourth-order valence-corrected chi connectivity index (χ4v) is 9.97. The molecule has 3 fully saturated rings. The molecule has 60 heavy (non-hydrogen) atoms. The molecule has 12 heteroatoms. The minimum atomic E-state index is -0.796. The number of rotatable bonds is 7. The van der Waals surface area contributed by atoms with Gasteiger partial charge in [-0.1, -0.05) is 42.0 Å². The highest BCUT2D eigenvalue weighted by atomic mass is 16.5. The maximum absolute atomic E-state index is 14.7. The van der Waals surface area contributed by atoms with Gasteiger partial charge in [0.15, 0.2) is 22.7 Å². The predicted molar refractivity (Wildman–Crippen MR) is 221 cm³/mol. The number of oxazole rings is 2. The number of aromatic hydroxyl groups is 1. The zero-order chi connectivity index (χ0) is 40.8. The molecule has 2 aliphatic carbocycles. The zero-order valence-corrected chi connectivity index (χ0v) is 32.2. The van der Waals surface area contributed by atoms with E-state index in [1.165, 1.54) is 15.9 Å². The molecule has 6 atom stereocenters. The second kappa shape index (κ2) is 13.6. The minimum absolute atomic E-state index is 0.0500. The van der Waals surface area contributed by atoms with Gasteiger partial charge in [-0.15, -0.1) is 0 Å². The minimum Gasteiger partial charge on any atom is -0.504 e. The molecule has 5 aromatic carbocycles. The van der Waals surface area contributed by atoms with Crippen LogP contribution >= 0.6 is 0 Å². The standard InChI is InChI=1S/C48H36N4O8/c1-2-58-39-23-27(15-22-36(39)53)40-30-20-21-31-41(47(56)51(45(31)54)28-16-11-25(12-17-28)43-49-34-7-3-5-9-37(34)59-43)32(30)24-33-42(40)48(57)52(46(33)55)29-18-13-26(14-19-29)44-50-35-8-4-6-10-38(35)60-44/h3-20,22-23,31-33,40-42,53H,2,21,24H2,1H3/t31-,32+,33+,40-,41-,42+/m0/s1. The van der Waals surface area contributed by atoms with E-state index in [0.29, 0.717) is 64.0 Å². The molecule has 0 radical (unpaired) electrons. The Hall–Kier alpha value is -7.34. The summed E-state index contributed by atoms with van der Waals surface area (Å²) in [4.78, 5) is 70.0. The Bertz CT molecular complexity index is 2880. The molecule has 7 aromatic rings. The lowest BCUT2D eigenvalue weighted by molar-refractivity contribution is -0.126. The summed E-state index contributed by atoms with van der Waals surface area (Å²) in [6.45, 7) is 2.11. The highest BCUT2D eigenvalue weighted by Crippen LogP contribution is 2.59. The number of anilines is 2. The molecule has 1 saturated carbocycles. The summed E-state index contributed by atoms with van der Waals surface area (Å²) in [6.07, 6.45) is 2.52. The lowest BCUT2D eigenvalue weighted by Gasteiger charge is -2.44. The number of carbonyl (C=O) groups is 4. The maximum Gasteiger partial charge on any atom is 0.238 e. The third-order valence-electron chi connectivity index (χ3n) is 12.6. The number of allylic oxidation sites excluding steroid dienone is 2. The van der Waals surface area contributed by atoms with E-state index in [4.69, 9.17) is 13.6 Å². The number of phenolic OH excluding ortho intramolecular Hbond substituents is 1. The summed E-state index contributed by atoms with van der Waals surface area (Å²) < 4.78 is 17.7. The Morgan fingerprint density at radius 2 is 1.20 bits per heavy atom. The lowest BCUT2D eigenvalue weighted by Crippen LogP contribution is -2.43. The molecule has 4 heterocycles. The number of carbonyl (C=O) groups excluding carboxylic acids is 4. The van der Waals surface area contributed by atoms with Gasteiger partial charge in [0.25, 0.3) is 0 Å². The van der Waals surface area contributed by atoms with Crippen molar-refractivity contribution in [3.05, 3.63) is 132 Å². The topological polar surface area (TPSA) is 156 Å². The van der Waals surface area contributed by atoms with Crippen molar-refractivity contribution in [1.29, 1.82) is 0 Å². The number of benzene rings is 5. The summed E-state index contributed by atoms with van der Waals surface area (Å²) in [6, 6.07) is 33.9. The van der Waals surface area contributed by atoms with Crippen molar-refractivity contribution in [1.82, 2.24) is 9.97 Å². The fraction of sp³-hybridized carbons (Fsp3) is 0.208. The van der Waals surface area contributed by atoms with Gasteiger partial charge in [0.05, 0.1) is 41.7 Å². The van der Waals surface area contributed by atoms with Crippen LogP contribution in [0.25, 0.3) is 45.1 Å². The molecule has 296 valence electrons. The first-order valence-electron chi connectivity index (χ1n) is 20.1. The van der Waals surface area contributed by atoms with Crippen LogP contribution in [0.2, 0.25) is 0 Å². The van der Waals surface area contributed by atoms with Gasteiger partial charge >= 0.3 is 0 Å². The molecule has 0 spiro atoms. The van der Waals surface area contributed by atoms with Crippen LogP contribution in [0.1, 0.15) is 31.2 Å². The van der Waals surface area contributed by atoms with E-state index in [-0.39, 0.29) is 41.5 Å². The van der Waals surface area contributed by atoms with Crippen molar-refractivity contribution in [2.75, 3.05) is 16.4 Å². The number of aromatic nitrogens is 2. The van der Waals surface area contributed by atoms with E-state index in [9.17, 15) is 24.3 Å². The van der Waals surface area contributed by atoms with Crippen LogP contribution < -0.4 is 14.5 Å². The first kappa shape index (κ1) is 35.8. The van der Waals surface area contributed by atoms with E-state index in [1.807, 2.05) is 61.5 Å². The maximum atomic E-state index is 14.7. The highest BCUT2D eigenvalue weighted by Gasteiger charge is 2.62. The summed E-state index contributed by atoms with van der Waals surface area (Å²) >= 11 is 0. The molecule has 0 bridgehead atoms. The van der Waals surface area contributed by atoms with E-state index in [2.05, 4.69) is 9.97 Å². The number of hydrogen-bond acceptors (Lipinski definition) is 10.